The molecule has 1 aromatic carbocycles. The van der Waals surface area contributed by atoms with Gasteiger partial charge in [-0.25, -0.2) is 0 Å². The Kier molecular flexibility index (Phi) is 4.59. The van der Waals surface area contributed by atoms with Gasteiger partial charge in [0.2, 0.25) is 0 Å². The summed E-state index contributed by atoms with van der Waals surface area (Å²) < 4.78 is 0. The van der Waals surface area contributed by atoms with E-state index in [2.05, 4.69) is 53.5 Å². The van der Waals surface area contributed by atoms with Crippen molar-refractivity contribution in [2.45, 2.75) is 46.2 Å². The smallest absolute Gasteiger partial charge is 0.0483 e. The molecule has 3 heteroatoms. The van der Waals surface area contributed by atoms with Crippen LogP contribution in [-0.2, 0) is 6.42 Å². The van der Waals surface area contributed by atoms with Crippen molar-refractivity contribution in [3.8, 4) is 0 Å². The van der Waals surface area contributed by atoms with Crippen LogP contribution in [0.5, 0.6) is 0 Å². The van der Waals surface area contributed by atoms with Crippen LogP contribution in [0.4, 0.5) is 0 Å². The van der Waals surface area contributed by atoms with E-state index in [0.29, 0.717) is 12.1 Å². The highest BCUT2D eigenvalue weighted by Gasteiger charge is 2.26. The predicted molar refractivity (Wildman–Crippen MR) is 81.5 cm³/mol. The second-order valence-electron chi connectivity index (χ2n) is 5.63. The number of nitrogens with zero attached hydrogens (tertiary/aromatic N) is 2. The van der Waals surface area contributed by atoms with E-state index >= 15 is 0 Å². The van der Waals surface area contributed by atoms with Crippen LogP contribution in [0.15, 0.2) is 29.4 Å². The fraction of sp³-hybridized carbons (Fsp3) is 0.562. The monoisotopic (exact) mass is 259 g/mol. The first-order valence-corrected chi connectivity index (χ1v) is 7.17. The molecule has 0 radical (unpaired) electrons. The Labute approximate surface area is 116 Å². The molecule has 0 saturated carbocycles. The van der Waals surface area contributed by atoms with Gasteiger partial charge in [0.05, 0.1) is 0 Å². The summed E-state index contributed by atoms with van der Waals surface area (Å²) in [7, 11) is 0. The normalized spacial score (nSPS) is 20.5. The first-order valence-electron chi connectivity index (χ1n) is 7.17. The molecule has 0 spiro atoms. The molecule has 1 aliphatic heterocycles. The lowest BCUT2D eigenvalue weighted by atomic mass is 9.92. The van der Waals surface area contributed by atoms with Crippen molar-refractivity contribution < 1.29 is 0 Å². The average Bonchev–Trinajstić information content (AvgIpc) is 2.39. The zero-order valence-corrected chi connectivity index (χ0v) is 12.5. The van der Waals surface area contributed by atoms with E-state index in [9.17, 15) is 0 Å². The zero-order chi connectivity index (χ0) is 13.8. The van der Waals surface area contributed by atoms with Crippen molar-refractivity contribution in [3.05, 3.63) is 35.4 Å². The summed E-state index contributed by atoms with van der Waals surface area (Å²) in [6.07, 6.45) is 1.15. The molecular formula is C16H25N3. The van der Waals surface area contributed by atoms with Crippen molar-refractivity contribution in [3.63, 3.8) is 0 Å². The molecule has 1 aromatic rings. The molecule has 2 atom stereocenters. The molecular weight excluding hydrogens is 234 g/mol. The number of nitrogens with one attached hydrogen (secondary N) is 1. The van der Waals surface area contributed by atoms with Crippen molar-refractivity contribution in [2.75, 3.05) is 13.1 Å². The highest BCUT2D eigenvalue weighted by molar-refractivity contribution is 5.78. The van der Waals surface area contributed by atoms with Gasteiger partial charge in [-0.3, -0.25) is 4.90 Å². The summed E-state index contributed by atoms with van der Waals surface area (Å²) in [5.74, 6) is 0. The Morgan fingerprint density at radius 3 is 2.89 bits per heavy atom. The van der Waals surface area contributed by atoms with E-state index in [1.807, 2.05) is 13.8 Å². The number of hydrogen-bond donors (Lipinski definition) is 1. The molecule has 0 saturated heterocycles. The number of hydrazone groups is 1. The van der Waals surface area contributed by atoms with Crippen molar-refractivity contribution in [2.24, 2.45) is 5.10 Å². The van der Waals surface area contributed by atoms with Gasteiger partial charge in [-0.2, -0.15) is 5.10 Å². The highest BCUT2D eigenvalue weighted by atomic mass is 15.3. The lowest BCUT2D eigenvalue weighted by Crippen LogP contribution is -2.44. The SMILES string of the molecule is CC(C)=NNCC(C)N1CCc2ccccc2[C@H]1C. The second kappa shape index (κ2) is 6.20. The van der Waals surface area contributed by atoms with E-state index < -0.39 is 0 Å². The van der Waals surface area contributed by atoms with Gasteiger partial charge in [0.25, 0.3) is 0 Å². The summed E-state index contributed by atoms with van der Waals surface area (Å²) >= 11 is 0. The van der Waals surface area contributed by atoms with Crippen LogP contribution in [0.2, 0.25) is 0 Å². The minimum absolute atomic E-state index is 0.492. The lowest BCUT2D eigenvalue weighted by molar-refractivity contribution is 0.142. The van der Waals surface area contributed by atoms with E-state index in [1.165, 1.54) is 11.1 Å². The Hall–Kier alpha value is -1.35. The Bertz CT molecular complexity index is 449. The van der Waals surface area contributed by atoms with Crippen LogP contribution in [0.1, 0.15) is 44.9 Å². The Morgan fingerprint density at radius 1 is 1.42 bits per heavy atom. The van der Waals surface area contributed by atoms with Gasteiger partial charge in [-0.05, 0) is 45.2 Å². The van der Waals surface area contributed by atoms with Crippen LogP contribution in [0.3, 0.4) is 0 Å². The standard InChI is InChI=1S/C16H25N3/c1-12(2)18-17-11-13(3)19-10-9-15-7-5-6-8-16(15)14(19)4/h5-8,13-14,17H,9-11H2,1-4H3/t13?,14-/m1/s1. The maximum Gasteiger partial charge on any atom is 0.0483 e. The van der Waals surface area contributed by atoms with Crippen LogP contribution in [0.25, 0.3) is 0 Å². The second-order valence-corrected chi connectivity index (χ2v) is 5.63. The van der Waals surface area contributed by atoms with Gasteiger partial charge in [0, 0.05) is 30.9 Å². The van der Waals surface area contributed by atoms with E-state index in [-0.39, 0.29) is 0 Å². The molecule has 1 aliphatic rings. The largest absolute Gasteiger partial charge is 0.309 e. The summed E-state index contributed by atoms with van der Waals surface area (Å²) in [6, 6.07) is 9.80. The quantitative estimate of drug-likeness (QED) is 0.665. The molecule has 0 bridgehead atoms. The number of hydrogen-bond acceptors (Lipinski definition) is 3. The molecule has 104 valence electrons. The molecule has 19 heavy (non-hydrogen) atoms. The van der Waals surface area contributed by atoms with Gasteiger partial charge in [0.15, 0.2) is 0 Å². The van der Waals surface area contributed by atoms with E-state index in [0.717, 1.165) is 25.2 Å². The topological polar surface area (TPSA) is 27.6 Å². The number of benzene rings is 1. The molecule has 0 aromatic heterocycles. The van der Waals surface area contributed by atoms with Gasteiger partial charge in [-0.15, -0.1) is 0 Å². The van der Waals surface area contributed by atoms with Crippen LogP contribution < -0.4 is 5.43 Å². The van der Waals surface area contributed by atoms with Gasteiger partial charge in [-0.1, -0.05) is 24.3 Å². The lowest BCUT2D eigenvalue weighted by Gasteiger charge is -2.39. The van der Waals surface area contributed by atoms with Crippen molar-refractivity contribution >= 4 is 5.71 Å². The number of fused-ring (bicyclic) bond motifs is 1. The summed E-state index contributed by atoms with van der Waals surface area (Å²) in [6.45, 7) is 10.6. The average molecular weight is 259 g/mol. The summed E-state index contributed by atoms with van der Waals surface area (Å²) in [4.78, 5) is 2.57. The molecule has 1 heterocycles. The molecule has 0 aliphatic carbocycles. The maximum absolute atomic E-state index is 4.27. The first kappa shape index (κ1) is 14.1. The summed E-state index contributed by atoms with van der Waals surface area (Å²) in [5.41, 5.74) is 7.24. The van der Waals surface area contributed by atoms with Crippen LogP contribution in [-0.4, -0.2) is 29.7 Å². The van der Waals surface area contributed by atoms with Crippen molar-refractivity contribution in [1.29, 1.82) is 0 Å². The summed E-state index contributed by atoms with van der Waals surface area (Å²) in [5, 5.41) is 4.27. The number of rotatable bonds is 4. The van der Waals surface area contributed by atoms with E-state index in [1.54, 1.807) is 0 Å². The molecule has 3 nitrogen and oxygen atoms in total. The van der Waals surface area contributed by atoms with Gasteiger partial charge < -0.3 is 5.43 Å². The third-order valence-electron chi connectivity index (χ3n) is 3.90. The third-order valence-corrected chi connectivity index (χ3v) is 3.90. The Morgan fingerprint density at radius 2 is 2.16 bits per heavy atom. The fourth-order valence-corrected chi connectivity index (χ4v) is 2.85. The van der Waals surface area contributed by atoms with E-state index in [4.69, 9.17) is 0 Å². The van der Waals surface area contributed by atoms with Crippen LogP contribution in [0, 0.1) is 0 Å². The minimum atomic E-state index is 0.492. The zero-order valence-electron chi connectivity index (χ0n) is 12.5. The third kappa shape index (κ3) is 3.35. The Balaban J connectivity index is 2.01. The molecule has 2 rings (SSSR count). The van der Waals surface area contributed by atoms with Gasteiger partial charge in [0.1, 0.15) is 0 Å². The van der Waals surface area contributed by atoms with Crippen LogP contribution >= 0.6 is 0 Å². The molecule has 0 fully saturated rings. The highest BCUT2D eigenvalue weighted by Crippen LogP contribution is 2.30. The molecule has 1 N–H and O–H groups in total. The van der Waals surface area contributed by atoms with Crippen molar-refractivity contribution in [1.82, 2.24) is 10.3 Å². The first-order chi connectivity index (χ1) is 9.09. The molecule has 1 unspecified atom stereocenters. The molecule has 0 amide bonds. The fourth-order valence-electron chi connectivity index (χ4n) is 2.85. The maximum atomic E-state index is 4.27. The van der Waals surface area contributed by atoms with Gasteiger partial charge >= 0.3 is 0 Å². The predicted octanol–water partition coefficient (Wildman–Crippen LogP) is 2.98. The minimum Gasteiger partial charge on any atom is -0.309 e.